The van der Waals surface area contributed by atoms with E-state index in [0.717, 1.165) is 35.0 Å². The van der Waals surface area contributed by atoms with Crippen molar-refractivity contribution < 1.29 is 9.53 Å². The average Bonchev–Trinajstić information content (AvgIpc) is 2.60. The van der Waals surface area contributed by atoms with E-state index in [0.29, 0.717) is 13.2 Å². The summed E-state index contributed by atoms with van der Waals surface area (Å²) in [5, 5.41) is 0.946. The van der Waals surface area contributed by atoms with Crippen LogP contribution in [0, 0.1) is 6.92 Å². The Balaban J connectivity index is 1.74. The smallest absolute Gasteiger partial charge is 0.255 e. The van der Waals surface area contributed by atoms with Crippen molar-refractivity contribution in [3.8, 4) is 0 Å². The molecule has 1 saturated heterocycles. The highest BCUT2D eigenvalue weighted by molar-refractivity contribution is 6.06. The van der Waals surface area contributed by atoms with Crippen molar-refractivity contribution >= 4 is 16.8 Å². The van der Waals surface area contributed by atoms with Gasteiger partial charge in [-0.15, -0.1) is 0 Å². The Labute approximate surface area is 136 Å². The van der Waals surface area contributed by atoms with Gasteiger partial charge in [0.15, 0.2) is 0 Å². The fourth-order valence-corrected chi connectivity index (χ4v) is 3.99. The van der Waals surface area contributed by atoms with Crippen LogP contribution in [0.3, 0.4) is 0 Å². The number of amides is 1. The fraction of sp³-hybridized carbons (Fsp3) is 0.474. The van der Waals surface area contributed by atoms with Crippen LogP contribution in [-0.2, 0) is 4.74 Å². The van der Waals surface area contributed by atoms with Crippen LogP contribution in [0.2, 0.25) is 0 Å². The summed E-state index contributed by atoms with van der Waals surface area (Å²) in [7, 11) is 0. The lowest BCUT2D eigenvalue weighted by Gasteiger charge is -2.43. The van der Waals surface area contributed by atoms with Crippen molar-refractivity contribution in [1.82, 2.24) is 9.88 Å². The highest BCUT2D eigenvalue weighted by Gasteiger charge is 2.37. The van der Waals surface area contributed by atoms with Gasteiger partial charge in [-0.3, -0.25) is 9.78 Å². The molecule has 1 amide bonds. The first-order chi connectivity index (χ1) is 11.2. The third-order valence-electron chi connectivity index (χ3n) is 5.07. The first kappa shape index (κ1) is 14.6. The number of carbonyl (C=O) groups is 1. The van der Waals surface area contributed by atoms with Gasteiger partial charge in [0.1, 0.15) is 0 Å². The monoisotopic (exact) mass is 310 g/mol. The van der Waals surface area contributed by atoms with Crippen molar-refractivity contribution in [3.63, 3.8) is 0 Å². The minimum absolute atomic E-state index is 0.131. The molecule has 1 saturated carbocycles. The summed E-state index contributed by atoms with van der Waals surface area (Å²) >= 11 is 0. The first-order valence-electron chi connectivity index (χ1n) is 8.53. The molecule has 2 aliphatic rings. The average molecular weight is 310 g/mol. The minimum Gasteiger partial charge on any atom is -0.374 e. The second-order valence-corrected chi connectivity index (χ2v) is 6.59. The molecule has 4 nitrogen and oxygen atoms in total. The van der Waals surface area contributed by atoms with Crippen molar-refractivity contribution in [2.24, 2.45) is 0 Å². The normalized spacial score (nSPS) is 24.5. The number of benzene rings is 1. The lowest BCUT2D eigenvalue weighted by Crippen LogP contribution is -2.54. The second-order valence-electron chi connectivity index (χ2n) is 6.59. The van der Waals surface area contributed by atoms with Gasteiger partial charge in [0, 0.05) is 17.6 Å². The molecule has 1 aromatic carbocycles. The Morgan fingerprint density at radius 2 is 2.09 bits per heavy atom. The molecule has 4 heteroatoms. The Morgan fingerprint density at radius 3 is 3.00 bits per heavy atom. The Hall–Kier alpha value is -1.94. The standard InChI is InChI=1S/C19H22N2O2/c1-13-12-15(14-6-2-3-7-16(14)20-13)19(22)21-10-11-23-18-9-5-4-8-17(18)21/h2-3,6-7,12,17-18H,4-5,8-11H2,1H3/t17-,18+/m1/s1. The van der Waals surface area contributed by atoms with Crippen LogP contribution in [-0.4, -0.2) is 41.1 Å². The van der Waals surface area contributed by atoms with E-state index in [-0.39, 0.29) is 18.1 Å². The third kappa shape index (κ3) is 2.61. The molecule has 23 heavy (non-hydrogen) atoms. The van der Waals surface area contributed by atoms with Crippen LogP contribution < -0.4 is 0 Å². The molecule has 0 spiro atoms. The SMILES string of the molecule is Cc1cc(C(=O)N2CCO[C@H]3CCCC[C@H]32)c2ccccc2n1. The summed E-state index contributed by atoms with van der Waals surface area (Å²) in [6.45, 7) is 3.29. The van der Waals surface area contributed by atoms with Crippen LogP contribution >= 0.6 is 0 Å². The molecule has 2 aromatic rings. The van der Waals surface area contributed by atoms with Gasteiger partial charge in [0.2, 0.25) is 0 Å². The zero-order valence-corrected chi connectivity index (χ0v) is 13.5. The number of fused-ring (bicyclic) bond motifs is 2. The number of aryl methyl sites for hydroxylation is 1. The van der Waals surface area contributed by atoms with Gasteiger partial charge >= 0.3 is 0 Å². The summed E-state index contributed by atoms with van der Waals surface area (Å²) in [5.41, 5.74) is 2.56. The number of aromatic nitrogens is 1. The molecule has 1 aromatic heterocycles. The summed E-state index contributed by atoms with van der Waals surface area (Å²) in [5.74, 6) is 0.131. The van der Waals surface area contributed by atoms with E-state index >= 15 is 0 Å². The van der Waals surface area contributed by atoms with Gasteiger partial charge in [0.25, 0.3) is 5.91 Å². The number of para-hydroxylation sites is 1. The summed E-state index contributed by atoms with van der Waals surface area (Å²) in [4.78, 5) is 19.9. The molecule has 0 radical (unpaired) electrons. The molecule has 120 valence electrons. The van der Waals surface area contributed by atoms with Crippen LogP contribution in [0.25, 0.3) is 10.9 Å². The zero-order chi connectivity index (χ0) is 15.8. The quantitative estimate of drug-likeness (QED) is 0.811. The van der Waals surface area contributed by atoms with Crippen LogP contribution in [0.5, 0.6) is 0 Å². The van der Waals surface area contributed by atoms with Gasteiger partial charge < -0.3 is 9.64 Å². The second kappa shape index (κ2) is 5.93. The predicted octanol–water partition coefficient (Wildman–Crippen LogP) is 3.33. The van der Waals surface area contributed by atoms with E-state index in [1.54, 1.807) is 0 Å². The third-order valence-corrected chi connectivity index (χ3v) is 5.07. The fourth-order valence-electron chi connectivity index (χ4n) is 3.99. The van der Waals surface area contributed by atoms with E-state index < -0.39 is 0 Å². The highest BCUT2D eigenvalue weighted by atomic mass is 16.5. The predicted molar refractivity (Wildman–Crippen MR) is 89.5 cm³/mol. The molecule has 0 unspecified atom stereocenters. The Bertz CT molecular complexity index is 741. The molecule has 2 heterocycles. The maximum absolute atomic E-state index is 13.3. The number of hydrogen-bond donors (Lipinski definition) is 0. The topological polar surface area (TPSA) is 42.4 Å². The van der Waals surface area contributed by atoms with Gasteiger partial charge in [-0.05, 0) is 31.9 Å². The van der Waals surface area contributed by atoms with Crippen molar-refractivity contribution in [1.29, 1.82) is 0 Å². The molecular weight excluding hydrogens is 288 g/mol. The summed E-state index contributed by atoms with van der Waals surface area (Å²) in [6, 6.07) is 10.1. The van der Waals surface area contributed by atoms with Crippen molar-refractivity contribution in [2.75, 3.05) is 13.2 Å². The zero-order valence-electron chi connectivity index (χ0n) is 13.5. The lowest BCUT2D eigenvalue weighted by molar-refractivity contribution is -0.0752. The molecule has 0 bridgehead atoms. The van der Waals surface area contributed by atoms with E-state index in [4.69, 9.17) is 4.74 Å². The van der Waals surface area contributed by atoms with E-state index in [9.17, 15) is 4.79 Å². The molecule has 0 N–H and O–H groups in total. The van der Waals surface area contributed by atoms with Crippen molar-refractivity contribution in [2.45, 2.75) is 44.8 Å². The molecule has 2 atom stereocenters. The first-order valence-corrected chi connectivity index (χ1v) is 8.53. The van der Waals surface area contributed by atoms with Gasteiger partial charge in [0.05, 0.1) is 29.8 Å². The Morgan fingerprint density at radius 1 is 1.26 bits per heavy atom. The number of pyridine rings is 1. The van der Waals surface area contributed by atoms with Gasteiger partial charge in [-0.25, -0.2) is 0 Å². The molecular formula is C19H22N2O2. The molecule has 4 rings (SSSR count). The summed E-state index contributed by atoms with van der Waals surface area (Å²) in [6.07, 6.45) is 4.74. The molecule has 1 aliphatic carbocycles. The number of morpholine rings is 1. The van der Waals surface area contributed by atoms with Gasteiger partial charge in [-0.1, -0.05) is 31.0 Å². The summed E-state index contributed by atoms with van der Waals surface area (Å²) < 4.78 is 5.90. The minimum atomic E-state index is 0.131. The Kier molecular flexibility index (Phi) is 3.77. The largest absolute Gasteiger partial charge is 0.374 e. The maximum atomic E-state index is 13.3. The lowest BCUT2D eigenvalue weighted by atomic mass is 9.89. The maximum Gasteiger partial charge on any atom is 0.255 e. The van der Waals surface area contributed by atoms with Gasteiger partial charge in [-0.2, -0.15) is 0 Å². The molecule has 2 fully saturated rings. The number of carbonyl (C=O) groups excluding carboxylic acids is 1. The van der Waals surface area contributed by atoms with Crippen LogP contribution in [0.4, 0.5) is 0 Å². The van der Waals surface area contributed by atoms with Crippen LogP contribution in [0.15, 0.2) is 30.3 Å². The number of ether oxygens (including phenoxy) is 1. The highest BCUT2D eigenvalue weighted by Crippen LogP contribution is 2.30. The van der Waals surface area contributed by atoms with E-state index in [1.165, 1.54) is 12.8 Å². The number of rotatable bonds is 1. The van der Waals surface area contributed by atoms with Crippen molar-refractivity contribution in [3.05, 3.63) is 41.6 Å². The van der Waals surface area contributed by atoms with E-state index in [2.05, 4.69) is 9.88 Å². The van der Waals surface area contributed by atoms with E-state index in [1.807, 2.05) is 37.3 Å². The molecule has 1 aliphatic heterocycles. The number of hydrogen-bond acceptors (Lipinski definition) is 3. The van der Waals surface area contributed by atoms with Crippen LogP contribution in [0.1, 0.15) is 41.7 Å². The number of nitrogens with zero attached hydrogens (tertiary/aromatic N) is 2.